The van der Waals surface area contributed by atoms with Crippen LogP contribution >= 0.6 is 15.9 Å². The van der Waals surface area contributed by atoms with Crippen LogP contribution < -0.4 is 9.47 Å². The van der Waals surface area contributed by atoms with Gasteiger partial charge in [-0.15, -0.1) is 0 Å². The molecule has 3 aromatic rings. The number of halogens is 1. The van der Waals surface area contributed by atoms with E-state index in [1.807, 2.05) is 42.5 Å². The summed E-state index contributed by atoms with van der Waals surface area (Å²) in [6.07, 6.45) is 0. The molecule has 5 rings (SSSR count). The summed E-state index contributed by atoms with van der Waals surface area (Å²) in [5.74, 6) is -2.93. The van der Waals surface area contributed by atoms with E-state index in [1.165, 1.54) is 14.2 Å². The van der Waals surface area contributed by atoms with Gasteiger partial charge in [0.2, 0.25) is 5.60 Å². The Bertz CT molecular complexity index is 1240. The number of aliphatic hydroxyl groups is 1. The zero-order chi connectivity index (χ0) is 23.4. The number of ketones is 1. The lowest BCUT2D eigenvalue weighted by atomic mass is 9.70. The van der Waals surface area contributed by atoms with Gasteiger partial charge in [0, 0.05) is 4.47 Å². The van der Waals surface area contributed by atoms with Crippen molar-refractivity contribution in [1.29, 1.82) is 0 Å². The first kappa shape index (κ1) is 21.7. The van der Waals surface area contributed by atoms with Crippen LogP contribution in [0.5, 0.6) is 11.5 Å². The van der Waals surface area contributed by atoms with Crippen LogP contribution in [0.3, 0.4) is 0 Å². The van der Waals surface area contributed by atoms with Gasteiger partial charge in [-0.1, -0.05) is 64.5 Å². The molecule has 0 spiro atoms. The second-order valence-corrected chi connectivity index (χ2v) is 9.06. The molecule has 4 unspecified atom stereocenters. The number of fused-ring (bicyclic) bond motifs is 3. The van der Waals surface area contributed by atoms with Crippen LogP contribution in [0.1, 0.15) is 22.6 Å². The van der Waals surface area contributed by atoms with E-state index >= 15 is 0 Å². The van der Waals surface area contributed by atoms with E-state index in [1.54, 1.807) is 30.3 Å². The van der Waals surface area contributed by atoms with Crippen molar-refractivity contribution >= 4 is 27.7 Å². The minimum Gasteiger partial charge on any atom is -0.496 e. The summed E-state index contributed by atoms with van der Waals surface area (Å²) in [5, 5.41) is 12.4. The van der Waals surface area contributed by atoms with Gasteiger partial charge in [-0.2, -0.15) is 0 Å². The number of Topliss-reactive ketones (excluding diaryl/α,β-unsaturated/α-hetero) is 1. The van der Waals surface area contributed by atoms with Crippen molar-refractivity contribution in [2.75, 3.05) is 14.2 Å². The maximum Gasteiger partial charge on any atom is 0.317 e. The average Bonchev–Trinajstić information content (AvgIpc) is 3.22. The smallest absolute Gasteiger partial charge is 0.317 e. The van der Waals surface area contributed by atoms with Crippen LogP contribution in [0, 0.1) is 5.92 Å². The molecule has 168 valence electrons. The Balaban J connectivity index is 1.90. The number of hydrogen-bond donors (Lipinski definition) is 1. The number of ether oxygens (including phenoxy) is 3. The maximum absolute atomic E-state index is 14.1. The first-order chi connectivity index (χ1) is 15.9. The van der Waals surface area contributed by atoms with Crippen LogP contribution in [0.4, 0.5) is 0 Å². The van der Waals surface area contributed by atoms with E-state index in [2.05, 4.69) is 15.9 Å². The summed E-state index contributed by atoms with van der Waals surface area (Å²) in [5.41, 5.74) is -2.37. The molecule has 0 amide bonds. The largest absolute Gasteiger partial charge is 0.496 e. The van der Waals surface area contributed by atoms with E-state index in [0.29, 0.717) is 22.6 Å². The molecule has 1 heterocycles. The predicted octanol–water partition coefficient (Wildman–Crippen LogP) is 4.09. The van der Waals surface area contributed by atoms with Gasteiger partial charge in [0.1, 0.15) is 17.4 Å². The lowest BCUT2D eigenvalue weighted by molar-refractivity contribution is -0.155. The summed E-state index contributed by atoms with van der Waals surface area (Å²) >= 11 is 3.44. The number of methoxy groups -OCH3 is 2. The molecule has 1 fully saturated rings. The highest BCUT2D eigenvalue weighted by Gasteiger charge is 2.78. The highest BCUT2D eigenvalue weighted by molar-refractivity contribution is 9.10. The molecular formula is C26H21BrO6. The number of rotatable bonds is 4. The van der Waals surface area contributed by atoms with Crippen molar-refractivity contribution in [3.63, 3.8) is 0 Å². The summed E-state index contributed by atoms with van der Waals surface area (Å²) in [7, 11) is 2.70. The fourth-order valence-corrected chi connectivity index (χ4v) is 5.63. The Morgan fingerprint density at radius 3 is 2.33 bits per heavy atom. The van der Waals surface area contributed by atoms with Crippen LogP contribution in [0.25, 0.3) is 0 Å². The molecule has 0 radical (unpaired) electrons. The molecule has 33 heavy (non-hydrogen) atoms. The van der Waals surface area contributed by atoms with Crippen LogP contribution in [0.15, 0.2) is 77.3 Å². The lowest BCUT2D eigenvalue weighted by Gasteiger charge is -2.39. The molecule has 0 bridgehead atoms. The molecule has 1 N–H and O–H groups in total. The topological polar surface area (TPSA) is 82.1 Å². The first-order valence-electron chi connectivity index (χ1n) is 10.4. The molecule has 2 aliphatic rings. The molecule has 7 heteroatoms. The quantitative estimate of drug-likeness (QED) is 0.422. The maximum atomic E-state index is 14.1. The van der Waals surface area contributed by atoms with Gasteiger partial charge >= 0.3 is 5.97 Å². The standard InChI is InChI=1S/C26H21BrO6/c1-31-18-9-6-10-19-22(18)25(30)23(28)20(24(29)32-2)21(15-7-4-3-5-8-15)26(25,33-19)16-11-13-17(27)14-12-16/h3-14,20-21,30H,1-2H3. The van der Waals surface area contributed by atoms with Gasteiger partial charge < -0.3 is 19.3 Å². The van der Waals surface area contributed by atoms with Gasteiger partial charge in [0.25, 0.3) is 0 Å². The van der Waals surface area contributed by atoms with Crippen molar-refractivity contribution in [1.82, 2.24) is 0 Å². The Morgan fingerprint density at radius 1 is 1.00 bits per heavy atom. The fraction of sp³-hybridized carbons (Fsp3) is 0.231. The molecule has 3 aromatic carbocycles. The summed E-state index contributed by atoms with van der Waals surface area (Å²) in [4.78, 5) is 27.1. The highest BCUT2D eigenvalue weighted by atomic mass is 79.9. The van der Waals surface area contributed by atoms with E-state index in [9.17, 15) is 14.7 Å². The second kappa shape index (κ2) is 7.71. The lowest BCUT2D eigenvalue weighted by Crippen LogP contribution is -2.50. The molecule has 4 atom stereocenters. The van der Waals surface area contributed by atoms with Gasteiger partial charge in [0.05, 0.1) is 25.7 Å². The summed E-state index contributed by atoms with van der Waals surface area (Å²) in [6, 6.07) is 21.4. The third-order valence-electron chi connectivity index (χ3n) is 6.68. The predicted molar refractivity (Wildman–Crippen MR) is 123 cm³/mol. The molecule has 0 aromatic heterocycles. The normalized spacial score (nSPS) is 27.5. The minimum atomic E-state index is -2.19. The molecule has 1 aliphatic heterocycles. The molecule has 0 saturated heterocycles. The van der Waals surface area contributed by atoms with Crippen molar-refractivity contribution in [3.8, 4) is 11.5 Å². The number of esters is 1. The molecule has 1 saturated carbocycles. The Morgan fingerprint density at radius 2 is 1.70 bits per heavy atom. The minimum absolute atomic E-state index is 0.216. The molecular weight excluding hydrogens is 488 g/mol. The Hall–Kier alpha value is -3.16. The van der Waals surface area contributed by atoms with Crippen molar-refractivity contribution in [3.05, 3.63) is 94.0 Å². The Labute approximate surface area is 199 Å². The first-order valence-corrected chi connectivity index (χ1v) is 11.2. The zero-order valence-corrected chi connectivity index (χ0v) is 19.5. The monoisotopic (exact) mass is 508 g/mol. The van der Waals surface area contributed by atoms with Crippen LogP contribution in [-0.2, 0) is 25.5 Å². The summed E-state index contributed by atoms with van der Waals surface area (Å²) in [6.45, 7) is 0. The highest BCUT2D eigenvalue weighted by Crippen LogP contribution is 2.68. The van der Waals surface area contributed by atoms with E-state index in [4.69, 9.17) is 14.2 Å². The van der Waals surface area contributed by atoms with Gasteiger partial charge in [0.15, 0.2) is 11.4 Å². The van der Waals surface area contributed by atoms with Crippen LogP contribution in [0.2, 0.25) is 0 Å². The van der Waals surface area contributed by atoms with E-state index < -0.39 is 34.8 Å². The zero-order valence-electron chi connectivity index (χ0n) is 17.9. The third kappa shape index (κ3) is 2.75. The average molecular weight is 509 g/mol. The van der Waals surface area contributed by atoms with Crippen molar-refractivity contribution < 1.29 is 28.9 Å². The van der Waals surface area contributed by atoms with Gasteiger partial charge in [-0.3, -0.25) is 9.59 Å². The third-order valence-corrected chi connectivity index (χ3v) is 7.20. The Kier molecular flexibility index (Phi) is 5.06. The molecule has 6 nitrogen and oxygen atoms in total. The number of carbonyl (C=O) groups is 2. The SMILES string of the molecule is COC(=O)C1C(=O)C2(O)c3c(OC)cccc3OC2(c2ccc(Br)cc2)C1c1ccccc1. The van der Waals surface area contributed by atoms with Crippen molar-refractivity contribution in [2.24, 2.45) is 5.92 Å². The van der Waals surface area contributed by atoms with Crippen LogP contribution in [-0.4, -0.2) is 31.1 Å². The number of benzene rings is 3. The molecule has 1 aliphatic carbocycles. The van der Waals surface area contributed by atoms with Gasteiger partial charge in [-0.05, 0) is 35.4 Å². The summed E-state index contributed by atoms with van der Waals surface area (Å²) < 4.78 is 18.0. The second-order valence-electron chi connectivity index (χ2n) is 8.14. The van der Waals surface area contributed by atoms with Gasteiger partial charge in [-0.25, -0.2) is 0 Å². The van der Waals surface area contributed by atoms with Crippen molar-refractivity contribution in [2.45, 2.75) is 17.1 Å². The number of carbonyl (C=O) groups excluding carboxylic acids is 2. The fourth-order valence-electron chi connectivity index (χ4n) is 5.36. The van der Waals surface area contributed by atoms with E-state index in [-0.39, 0.29) is 5.56 Å². The number of hydrogen-bond acceptors (Lipinski definition) is 6. The van der Waals surface area contributed by atoms with E-state index in [0.717, 1.165) is 4.47 Å².